The van der Waals surface area contributed by atoms with Crippen molar-refractivity contribution in [1.82, 2.24) is 10.2 Å². The molecule has 3 N–H and O–H groups in total. The number of nitrogen functional groups attached to an aromatic ring is 1. The van der Waals surface area contributed by atoms with Crippen LogP contribution >= 0.6 is 0 Å². The normalized spacial score (nSPS) is 10.4. The number of hydrogen-bond donors (Lipinski definition) is 2. The van der Waals surface area contributed by atoms with E-state index in [1.165, 1.54) is 6.20 Å². The number of carbonyl (C=O) groups excluding carboxylic acids is 1. The first-order valence-corrected chi connectivity index (χ1v) is 4.38. The van der Waals surface area contributed by atoms with Crippen molar-refractivity contribution < 1.29 is 13.6 Å². The van der Waals surface area contributed by atoms with Gasteiger partial charge in [-0.1, -0.05) is 0 Å². The number of nitrogens with zero attached hydrogens (tertiary/aromatic N) is 1. The predicted molar refractivity (Wildman–Crippen MR) is 52.8 cm³/mol. The van der Waals surface area contributed by atoms with E-state index in [1.54, 1.807) is 0 Å². The molecular formula is C10H7F2N3O. The molecule has 0 aliphatic rings. The molecule has 0 fully saturated rings. The topological polar surface area (TPSA) is 71.8 Å². The van der Waals surface area contributed by atoms with Gasteiger partial charge in [0.2, 0.25) is 5.78 Å². The van der Waals surface area contributed by atoms with Crippen LogP contribution in [0.15, 0.2) is 24.4 Å². The summed E-state index contributed by atoms with van der Waals surface area (Å²) in [6.07, 6.45) is 1.19. The Labute approximate surface area is 89.1 Å². The first-order valence-electron chi connectivity index (χ1n) is 4.38. The minimum atomic E-state index is -0.925. The number of anilines is 1. The Balaban J connectivity index is 2.46. The molecule has 0 amide bonds. The van der Waals surface area contributed by atoms with Crippen molar-refractivity contribution in [2.45, 2.75) is 0 Å². The number of nitrogens with one attached hydrogen (secondary N) is 1. The smallest absolute Gasteiger partial charge is 0.201 e. The summed E-state index contributed by atoms with van der Waals surface area (Å²) in [7, 11) is 0. The molecule has 6 heteroatoms. The van der Waals surface area contributed by atoms with Gasteiger partial charge in [0.1, 0.15) is 17.5 Å². The van der Waals surface area contributed by atoms with Crippen molar-refractivity contribution in [3.8, 4) is 0 Å². The number of halogens is 2. The second-order valence-corrected chi connectivity index (χ2v) is 3.15. The van der Waals surface area contributed by atoms with Crippen LogP contribution in [0.25, 0.3) is 0 Å². The lowest BCUT2D eigenvalue weighted by Crippen LogP contribution is -2.06. The van der Waals surface area contributed by atoms with Crippen molar-refractivity contribution in [2.75, 3.05) is 5.73 Å². The van der Waals surface area contributed by atoms with Crippen molar-refractivity contribution in [2.24, 2.45) is 0 Å². The van der Waals surface area contributed by atoms with Gasteiger partial charge < -0.3 is 5.73 Å². The molecule has 0 saturated heterocycles. The number of rotatable bonds is 2. The van der Waals surface area contributed by atoms with Gasteiger partial charge in [-0.05, 0) is 12.1 Å². The third-order valence-corrected chi connectivity index (χ3v) is 2.09. The maximum Gasteiger partial charge on any atom is 0.201 e. The Morgan fingerprint density at radius 3 is 2.62 bits per heavy atom. The van der Waals surface area contributed by atoms with Crippen molar-refractivity contribution >= 4 is 11.6 Å². The number of hydrogen-bond acceptors (Lipinski definition) is 3. The summed E-state index contributed by atoms with van der Waals surface area (Å²) in [6, 6.07) is 2.72. The fourth-order valence-corrected chi connectivity index (χ4v) is 1.30. The van der Waals surface area contributed by atoms with Crippen LogP contribution in [0.4, 0.5) is 14.6 Å². The maximum absolute atomic E-state index is 13.3. The molecule has 0 bridgehead atoms. The van der Waals surface area contributed by atoms with Gasteiger partial charge in [0.15, 0.2) is 0 Å². The summed E-state index contributed by atoms with van der Waals surface area (Å²) < 4.78 is 25.9. The first-order chi connectivity index (χ1) is 7.59. The summed E-state index contributed by atoms with van der Waals surface area (Å²) in [4.78, 5) is 11.8. The summed E-state index contributed by atoms with van der Waals surface area (Å²) in [5.74, 6) is -2.25. The standard InChI is InChI=1S/C10H7F2N3O/c11-5-1-2-6(8(12)3-5)9(16)7-4-14-15-10(7)13/h1-4H,(H3,13,14,15). The van der Waals surface area contributed by atoms with Crippen LogP contribution in [0.3, 0.4) is 0 Å². The molecule has 4 nitrogen and oxygen atoms in total. The largest absolute Gasteiger partial charge is 0.383 e. The van der Waals surface area contributed by atoms with E-state index in [-0.39, 0.29) is 16.9 Å². The molecule has 2 rings (SSSR count). The molecule has 1 aromatic heterocycles. The summed E-state index contributed by atoms with van der Waals surface area (Å²) in [5, 5.41) is 5.91. The molecule has 0 aliphatic carbocycles. The third kappa shape index (κ3) is 1.65. The highest BCUT2D eigenvalue weighted by molar-refractivity contribution is 6.11. The number of benzene rings is 1. The molecule has 1 heterocycles. The quantitative estimate of drug-likeness (QED) is 0.758. The van der Waals surface area contributed by atoms with Gasteiger partial charge in [0.05, 0.1) is 17.3 Å². The first kappa shape index (κ1) is 10.3. The number of aromatic nitrogens is 2. The van der Waals surface area contributed by atoms with E-state index in [1.807, 2.05) is 0 Å². The molecule has 0 saturated carbocycles. The van der Waals surface area contributed by atoms with Crippen LogP contribution in [0.2, 0.25) is 0 Å². The van der Waals surface area contributed by atoms with Gasteiger partial charge in [-0.15, -0.1) is 0 Å². The second-order valence-electron chi connectivity index (χ2n) is 3.15. The highest BCUT2D eigenvalue weighted by Gasteiger charge is 2.18. The number of ketones is 1. The average molecular weight is 223 g/mol. The van der Waals surface area contributed by atoms with Gasteiger partial charge in [-0.25, -0.2) is 8.78 Å². The van der Waals surface area contributed by atoms with E-state index < -0.39 is 17.4 Å². The predicted octanol–water partition coefficient (Wildman–Crippen LogP) is 1.50. The molecule has 0 atom stereocenters. The third-order valence-electron chi connectivity index (χ3n) is 2.09. The molecule has 2 aromatic rings. The van der Waals surface area contributed by atoms with E-state index in [9.17, 15) is 13.6 Å². The Bertz CT molecular complexity index is 551. The van der Waals surface area contributed by atoms with E-state index in [2.05, 4.69) is 10.2 Å². The van der Waals surface area contributed by atoms with Gasteiger partial charge >= 0.3 is 0 Å². The maximum atomic E-state index is 13.3. The zero-order chi connectivity index (χ0) is 11.7. The molecule has 0 radical (unpaired) electrons. The zero-order valence-electron chi connectivity index (χ0n) is 8.00. The number of aromatic amines is 1. The van der Waals surface area contributed by atoms with Crippen LogP contribution in [0.5, 0.6) is 0 Å². The highest BCUT2D eigenvalue weighted by Crippen LogP contribution is 2.17. The van der Waals surface area contributed by atoms with Crippen LogP contribution in [-0.2, 0) is 0 Å². The highest BCUT2D eigenvalue weighted by atomic mass is 19.1. The van der Waals surface area contributed by atoms with Gasteiger partial charge in [-0.3, -0.25) is 9.89 Å². The Kier molecular flexibility index (Phi) is 2.40. The molecule has 82 valence electrons. The number of carbonyl (C=O) groups is 1. The SMILES string of the molecule is Nc1[nH]ncc1C(=O)c1ccc(F)cc1F. The summed E-state index contributed by atoms with van der Waals surface area (Å²) in [5.41, 5.74) is 5.24. The Morgan fingerprint density at radius 2 is 2.06 bits per heavy atom. The summed E-state index contributed by atoms with van der Waals surface area (Å²) >= 11 is 0. The fourth-order valence-electron chi connectivity index (χ4n) is 1.30. The van der Waals surface area contributed by atoms with Gasteiger partial charge in [-0.2, -0.15) is 5.10 Å². The lowest BCUT2D eigenvalue weighted by atomic mass is 10.1. The molecule has 16 heavy (non-hydrogen) atoms. The lowest BCUT2D eigenvalue weighted by Gasteiger charge is -2.01. The average Bonchev–Trinajstić information content (AvgIpc) is 2.63. The van der Waals surface area contributed by atoms with E-state index in [4.69, 9.17) is 5.73 Å². The van der Waals surface area contributed by atoms with Gasteiger partial charge in [0, 0.05) is 6.07 Å². The minimum absolute atomic E-state index is 0.0497. The molecule has 0 unspecified atom stereocenters. The molecule has 1 aromatic carbocycles. The van der Waals surface area contributed by atoms with E-state index in [0.29, 0.717) is 6.07 Å². The van der Waals surface area contributed by atoms with E-state index >= 15 is 0 Å². The zero-order valence-corrected chi connectivity index (χ0v) is 8.00. The monoisotopic (exact) mass is 223 g/mol. The molecule has 0 aliphatic heterocycles. The van der Waals surface area contributed by atoms with Crippen LogP contribution in [0.1, 0.15) is 15.9 Å². The minimum Gasteiger partial charge on any atom is -0.383 e. The second kappa shape index (κ2) is 3.73. The van der Waals surface area contributed by atoms with Gasteiger partial charge in [0.25, 0.3) is 0 Å². The number of H-pyrrole nitrogens is 1. The van der Waals surface area contributed by atoms with E-state index in [0.717, 1.165) is 12.1 Å². The lowest BCUT2D eigenvalue weighted by molar-refractivity contribution is 0.103. The van der Waals surface area contributed by atoms with Crippen LogP contribution < -0.4 is 5.73 Å². The van der Waals surface area contributed by atoms with Crippen molar-refractivity contribution in [3.63, 3.8) is 0 Å². The Hall–Kier alpha value is -2.24. The van der Waals surface area contributed by atoms with Crippen molar-refractivity contribution in [1.29, 1.82) is 0 Å². The molecular weight excluding hydrogens is 216 g/mol. The van der Waals surface area contributed by atoms with Crippen LogP contribution in [-0.4, -0.2) is 16.0 Å². The number of nitrogens with two attached hydrogens (primary N) is 1. The Morgan fingerprint density at radius 1 is 1.31 bits per heavy atom. The van der Waals surface area contributed by atoms with Crippen LogP contribution in [0, 0.1) is 11.6 Å². The van der Waals surface area contributed by atoms with Crippen molar-refractivity contribution in [3.05, 3.63) is 47.2 Å². The summed E-state index contributed by atoms with van der Waals surface area (Å²) in [6.45, 7) is 0. The fraction of sp³-hybridized carbons (Fsp3) is 0. The molecule has 0 spiro atoms.